The van der Waals surface area contributed by atoms with Crippen LogP contribution in [0.15, 0.2) is 51.7 Å². The van der Waals surface area contributed by atoms with Gasteiger partial charge in [0.15, 0.2) is 0 Å². The summed E-state index contributed by atoms with van der Waals surface area (Å²) in [4.78, 5) is 16.4. The summed E-state index contributed by atoms with van der Waals surface area (Å²) in [6.07, 6.45) is 0. The Bertz CT molecular complexity index is 819. The van der Waals surface area contributed by atoms with Crippen LogP contribution < -0.4 is 10.4 Å². The normalized spacial score (nSPS) is 10.7. The average molecular weight is 267 g/mol. The van der Waals surface area contributed by atoms with Gasteiger partial charge in [-0.3, -0.25) is 0 Å². The van der Waals surface area contributed by atoms with Gasteiger partial charge in [0.1, 0.15) is 5.75 Å². The minimum atomic E-state index is -0.371. The standard InChI is InChI=1S/C16H13NO3/c1-10-3-8-14-13(9-10)16(18)20-15(17-14)11-4-6-12(19-2)7-5-11/h3-9H,1-2H3. The lowest BCUT2D eigenvalue weighted by Crippen LogP contribution is -2.03. The minimum Gasteiger partial charge on any atom is -0.497 e. The van der Waals surface area contributed by atoms with Crippen molar-refractivity contribution in [3.63, 3.8) is 0 Å². The van der Waals surface area contributed by atoms with Crippen molar-refractivity contribution >= 4 is 10.9 Å². The second-order valence-corrected chi connectivity index (χ2v) is 4.56. The number of methoxy groups -OCH3 is 1. The van der Waals surface area contributed by atoms with Gasteiger partial charge in [0, 0.05) is 5.56 Å². The van der Waals surface area contributed by atoms with E-state index in [0.29, 0.717) is 16.8 Å². The lowest BCUT2D eigenvalue weighted by molar-refractivity contribution is 0.415. The van der Waals surface area contributed by atoms with Gasteiger partial charge in [-0.25, -0.2) is 9.78 Å². The third kappa shape index (κ3) is 2.16. The summed E-state index contributed by atoms with van der Waals surface area (Å²) in [5.74, 6) is 1.06. The number of benzene rings is 2. The van der Waals surface area contributed by atoms with Crippen molar-refractivity contribution in [2.75, 3.05) is 7.11 Å². The molecule has 4 nitrogen and oxygen atoms in total. The zero-order valence-electron chi connectivity index (χ0n) is 11.2. The molecule has 0 fully saturated rings. The second kappa shape index (κ2) is 4.81. The first-order valence-electron chi connectivity index (χ1n) is 6.23. The van der Waals surface area contributed by atoms with Gasteiger partial charge in [-0.1, -0.05) is 11.6 Å². The predicted octanol–water partition coefficient (Wildman–Crippen LogP) is 3.17. The zero-order valence-corrected chi connectivity index (χ0v) is 11.2. The molecule has 0 unspecified atom stereocenters. The van der Waals surface area contributed by atoms with Gasteiger partial charge in [-0.15, -0.1) is 0 Å². The van der Waals surface area contributed by atoms with Crippen molar-refractivity contribution in [2.45, 2.75) is 6.92 Å². The highest BCUT2D eigenvalue weighted by Crippen LogP contribution is 2.21. The van der Waals surface area contributed by atoms with E-state index in [2.05, 4.69) is 4.98 Å². The van der Waals surface area contributed by atoms with E-state index in [1.54, 1.807) is 25.3 Å². The van der Waals surface area contributed by atoms with Crippen molar-refractivity contribution in [1.82, 2.24) is 4.98 Å². The molecule has 0 saturated heterocycles. The third-order valence-electron chi connectivity index (χ3n) is 3.12. The van der Waals surface area contributed by atoms with Crippen molar-refractivity contribution < 1.29 is 9.15 Å². The van der Waals surface area contributed by atoms with Gasteiger partial charge >= 0.3 is 5.63 Å². The van der Waals surface area contributed by atoms with Gasteiger partial charge in [0.25, 0.3) is 0 Å². The molecule has 0 aliphatic rings. The van der Waals surface area contributed by atoms with E-state index in [9.17, 15) is 4.79 Å². The van der Waals surface area contributed by atoms with Gasteiger partial charge in [0.05, 0.1) is 18.0 Å². The fourth-order valence-corrected chi connectivity index (χ4v) is 2.04. The largest absolute Gasteiger partial charge is 0.497 e. The molecule has 0 radical (unpaired) electrons. The van der Waals surface area contributed by atoms with Crippen LogP contribution in [0.5, 0.6) is 5.75 Å². The Morgan fingerprint density at radius 1 is 1.10 bits per heavy atom. The molecular weight excluding hydrogens is 254 g/mol. The summed E-state index contributed by atoms with van der Waals surface area (Å²) in [7, 11) is 1.60. The fraction of sp³-hybridized carbons (Fsp3) is 0.125. The average Bonchev–Trinajstić information content (AvgIpc) is 2.48. The number of aromatic nitrogens is 1. The molecular formula is C16H13NO3. The Hall–Kier alpha value is -2.62. The SMILES string of the molecule is COc1ccc(-c2nc3ccc(C)cc3c(=O)o2)cc1. The van der Waals surface area contributed by atoms with Crippen LogP contribution in [0.3, 0.4) is 0 Å². The molecule has 0 bridgehead atoms. The molecule has 0 amide bonds. The van der Waals surface area contributed by atoms with E-state index >= 15 is 0 Å². The Morgan fingerprint density at radius 3 is 2.55 bits per heavy atom. The van der Waals surface area contributed by atoms with Crippen molar-refractivity contribution in [2.24, 2.45) is 0 Å². The van der Waals surface area contributed by atoms with E-state index in [-0.39, 0.29) is 5.63 Å². The topological polar surface area (TPSA) is 52.3 Å². The highest BCUT2D eigenvalue weighted by atomic mass is 16.5. The van der Waals surface area contributed by atoms with E-state index in [0.717, 1.165) is 16.9 Å². The number of hydrogen-bond donors (Lipinski definition) is 0. The first-order valence-corrected chi connectivity index (χ1v) is 6.23. The first-order chi connectivity index (χ1) is 9.67. The molecule has 0 aliphatic heterocycles. The summed E-state index contributed by atoms with van der Waals surface area (Å²) in [6, 6.07) is 12.8. The molecule has 0 aliphatic carbocycles. The number of rotatable bonds is 2. The van der Waals surface area contributed by atoms with Crippen LogP contribution in [0, 0.1) is 6.92 Å². The summed E-state index contributed by atoms with van der Waals surface area (Å²) in [6.45, 7) is 1.93. The van der Waals surface area contributed by atoms with Crippen LogP contribution in [0.1, 0.15) is 5.56 Å². The zero-order chi connectivity index (χ0) is 14.1. The molecule has 20 heavy (non-hydrogen) atoms. The molecule has 3 aromatic rings. The maximum absolute atomic E-state index is 12.0. The maximum Gasteiger partial charge on any atom is 0.347 e. The molecule has 2 aromatic carbocycles. The molecule has 0 atom stereocenters. The lowest BCUT2D eigenvalue weighted by atomic mass is 10.1. The molecule has 0 saturated carbocycles. The Balaban J connectivity index is 2.16. The molecule has 3 rings (SSSR count). The number of fused-ring (bicyclic) bond motifs is 1. The summed E-state index contributed by atoms with van der Waals surface area (Å²) >= 11 is 0. The Morgan fingerprint density at radius 2 is 1.85 bits per heavy atom. The summed E-state index contributed by atoms with van der Waals surface area (Å²) in [5.41, 5.74) is 2.01. The predicted molar refractivity (Wildman–Crippen MR) is 77.0 cm³/mol. The third-order valence-corrected chi connectivity index (χ3v) is 3.12. The van der Waals surface area contributed by atoms with Crippen LogP contribution in [-0.2, 0) is 0 Å². The first kappa shape index (κ1) is 12.4. The molecule has 0 spiro atoms. The van der Waals surface area contributed by atoms with Crippen LogP contribution in [0.4, 0.5) is 0 Å². The molecule has 0 N–H and O–H groups in total. The second-order valence-electron chi connectivity index (χ2n) is 4.56. The van der Waals surface area contributed by atoms with Gasteiger partial charge in [-0.05, 0) is 43.3 Å². The van der Waals surface area contributed by atoms with Crippen LogP contribution in [-0.4, -0.2) is 12.1 Å². The number of hydrogen-bond acceptors (Lipinski definition) is 4. The molecule has 4 heteroatoms. The van der Waals surface area contributed by atoms with Gasteiger partial charge in [0.2, 0.25) is 5.89 Å². The minimum absolute atomic E-state index is 0.314. The Labute approximate surface area is 115 Å². The van der Waals surface area contributed by atoms with Gasteiger partial charge in [-0.2, -0.15) is 0 Å². The number of ether oxygens (including phenoxy) is 1. The van der Waals surface area contributed by atoms with Crippen LogP contribution in [0.2, 0.25) is 0 Å². The quantitative estimate of drug-likeness (QED) is 0.715. The van der Waals surface area contributed by atoms with Gasteiger partial charge < -0.3 is 9.15 Å². The smallest absolute Gasteiger partial charge is 0.347 e. The van der Waals surface area contributed by atoms with Crippen LogP contribution in [0.25, 0.3) is 22.4 Å². The summed E-state index contributed by atoms with van der Waals surface area (Å²) in [5, 5.41) is 0.502. The summed E-state index contributed by atoms with van der Waals surface area (Å²) < 4.78 is 10.4. The van der Waals surface area contributed by atoms with Crippen molar-refractivity contribution in [3.05, 3.63) is 58.4 Å². The van der Waals surface area contributed by atoms with Crippen LogP contribution >= 0.6 is 0 Å². The monoisotopic (exact) mass is 267 g/mol. The molecule has 1 aromatic heterocycles. The van der Waals surface area contributed by atoms with E-state index in [4.69, 9.17) is 9.15 Å². The van der Waals surface area contributed by atoms with E-state index in [1.807, 2.05) is 31.2 Å². The number of aryl methyl sites for hydroxylation is 1. The highest BCUT2D eigenvalue weighted by molar-refractivity contribution is 5.79. The Kier molecular flexibility index (Phi) is 2.99. The van der Waals surface area contributed by atoms with E-state index in [1.165, 1.54) is 0 Å². The number of nitrogens with zero attached hydrogens (tertiary/aromatic N) is 1. The van der Waals surface area contributed by atoms with Crippen molar-refractivity contribution in [1.29, 1.82) is 0 Å². The highest BCUT2D eigenvalue weighted by Gasteiger charge is 2.08. The fourth-order valence-electron chi connectivity index (χ4n) is 2.04. The molecule has 100 valence electrons. The van der Waals surface area contributed by atoms with Crippen molar-refractivity contribution in [3.8, 4) is 17.2 Å². The lowest BCUT2D eigenvalue weighted by Gasteiger charge is -2.03. The molecule has 1 heterocycles. The maximum atomic E-state index is 12.0. The van der Waals surface area contributed by atoms with E-state index < -0.39 is 0 Å².